The molecule has 1 N–H and O–H groups in total. The lowest BCUT2D eigenvalue weighted by molar-refractivity contribution is -0.137. The Morgan fingerprint density at radius 3 is 2.62 bits per heavy atom. The number of sulfonamides is 1. The third-order valence-electron chi connectivity index (χ3n) is 3.38. The van der Waals surface area contributed by atoms with Crippen molar-refractivity contribution < 1.29 is 26.7 Å². The van der Waals surface area contributed by atoms with Crippen molar-refractivity contribution in [3.05, 3.63) is 28.8 Å². The van der Waals surface area contributed by atoms with Crippen LogP contribution < -0.4 is 0 Å². The summed E-state index contributed by atoms with van der Waals surface area (Å²) in [6, 6.07) is 1.56. The predicted molar refractivity (Wildman–Crippen MR) is 70.5 cm³/mol. The zero-order chi connectivity index (χ0) is 15.8. The van der Waals surface area contributed by atoms with E-state index in [1.165, 1.54) is 0 Å². The smallest absolute Gasteiger partial charge is 0.395 e. The lowest BCUT2D eigenvalue weighted by atomic mass is 10.2. The molecule has 1 aromatic rings. The van der Waals surface area contributed by atoms with Gasteiger partial charge in [0.05, 0.1) is 17.2 Å². The van der Waals surface area contributed by atoms with E-state index in [1.54, 1.807) is 0 Å². The number of rotatable bonds is 3. The molecule has 0 aromatic heterocycles. The Hall–Kier alpha value is -0.830. The highest BCUT2D eigenvalue weighted by Crippen LogP contribution is 2.35. The van der Waals surface area contributed by atoms with Crippen molar-refractivity contribution in [2.24, 2.45) is 0 Å². The first-order valence-electron chi connectivity index (χ1n) is 6.17. The summed E-state index contributed by atoms with van der Waals surface area (Å²) >= 11 is 5.76. The molecule has 0 bridgehead atoms. The zero-order valence-electron chi connectivity index (χ0n) is 10.8. The molecular weight excluding hydrogens is 331 g/mol. The van der Waals surface area contributed by atoms with Crippen molar-refractivity contribution >= 4 is 21.6 Å². The van der Waals surface area contributed by atoms with Crippen molar-refractivity contribution in [3.8, 4) is 0 Å². The molecule has 4 nitrogen and oxygen atoms in total. The highest BCUT2D eigenvalue weighted by atomic mass is 35.5. The molecule has 21 heavy (non-hydrogen) atoms. The van der Waals surface area contributed by atoms with Crippen molar-refractivity contribution in [2.45, 2.75) is 30.0 Å². The van der Waals surface area contributed by atoms with Gasteiger partial charge in [0.2, 0.25) is 10.0 Å². The summed E-state index contributed by atoms with van der Waals surface area (Å²) in [5.74, 6) is 0. The Kier molecular flexibility index (Phi) is 4.53. The maximum absolute atomic E-state index is 12.7. The summed E-state index contributed by atoms with van der Waals surface area (Å²) in [6.45, 7) is -0.226. The molecular formula is C12H13ClF3NO3S. The van der Waals surface area contributed by atoms with E-state index < -0.39 is 32.7 Å². The van der Waals surface area contributed by atoms with Gasteiger partial charge in [0.1, 0.15) is 4.90 Å². The van der Waals surface area contributed by atoms with Crippen LogP contribution in [-0.2, 0) is 16.2 Å². The molecule has 0 amide bonds. The normalized spacial score (nSPS) is 20.9. The quantitative estimate of drug-likeness (QED) is 0.917. The minimum Gasteiger partial charge on any atom is -0.395 e. The standard InChI is InChI=1S/C12H13ClF3NO3S/c13-10-4-3-8(12(14,15)16)6-11(10)21(19,20)17-5-1-2-9(17)7-18/h3-4,6,9,18H,1-2,5,7H2. The summed E-state index contributed by atoms with van der Waals surface area (Å²) < 4.78 is 64.1. The lowest BCUT2D eigenvalue weighted by Gasteiger charge is -2.23. The van der Waals surface area contributed by atoms with Crippen molar-refractivity contribution in [1.29, 1.82) is 0 Å². The summed E-state index contributed by atoms with van der Waals surface area (Å²) in [6.07, 6.45) is -3.65. The lowest BCUT2D eigenvalue weighted by Crippen LogP contribution is -2.37. The fourth-order valence-corrected chi connectivity index (χ4v) is 4.50. The molecule has 1 unspecified atom stereocenters. The average Bonchev–Trinajstić information content (AvgIpc) is 2.86. The maximum Gasteiger partial charge on any atom is 0.416 e. The summed E-state index contributed by atoms with van der Waals surface area (Å²) in [7, 11) is -4.17. The van der Waals surface area contributed by atoms with Crippen LogP contribution in [0.1, 0.15) is 18.4 Å². The zero-order valence-corrected chi connectivity index (χ0v) is 12.3. The van der Waals surface area contributed by atoms with E-state index in [0.717, 1.165) is 16.4 Å². The van der Waals surface area contributed by atoms with Gasteiger partial charge >= 0.3 is 6.18 Å². The van der Waals surface area contributed by atoms with Gasteiger partial charge in [-0.3, -0.25) is 0 Å². The first kappa shape index (κ1) is 16.5. The van der Waals surface area contributed by atoms with Gasteiger partial charge in [0, 0.05) is 12.6 Å². The second-order valence-corrected chi connectivity index (χ2v) is 7.00. The molecule has 1 aliphatic rings. The van der Waals surface area contributed by atoms with Gasteiger partial charge in [-0.2, -0.15) is 17.5 Å². The van der Waals surface area contributed by atoms with Gasteiger partial charge in [-0.15, -0.1) is 0 Å². The first-order chi connectivity index (χ1) is 9.67. The van der Waals surface area contributed by atoms with Crippen LogP contribution in [0.15, 0.2) is 23.1 Å². The van der Waals surface area contributed by atoms with Gasteiger partial charge in [-0.25, -0.2) is 8.42 Å². The fourth-order valence-electron chi connectivity index (χ4n) is 2.31. The van der Waals surface area contributed by atoms with Crippen LogP contribution in [-0.4, -0.2) is 37.0 Å². The summed E-state index contributed by atoms with van der Waals surface area (Å²) in [4.78, 5) is -0.584. The molecule has 118 valence electrons. The van der Waals surface area contributed by atoms with Crippen LogP contribution in [0, 0.1) is 0 Å². The molecule has 0 saturated carbocycles. The van der Waals surface area contributed by atoms with E-state index in [9.17, 15) is 26.7 Å². The monoisotopic (exact) mass is 343 g/mol. The number of aliphatic hydroxyl groups excluding tert-OH is 1. The first-order valence-corrected chi connectivity index (χ1v) is 7.99. The van der Waals surface area contributed by atoms with Crippen LogP contribution in [0.3, 0.4) is 0 Å². The van der Waals surface area contributed by atoms with Gasteiger partial charge in [-0.05, 0) is 31.0 Å². The van der Waals surface area contributed by atoms with Crippen LogP contribution in [0.2, 0.25) is 5.02 Å². The predicted octanol–water partition coefficient (Wildman–Crippen LogP) is 2.50. The van der Waals surface area contributed by atoms with E-state index in [4.69, 9.17) is 11.6 Å². The molecule has 0 aliphatic carbocycles. The van der Waals surface area contributed by atoms with Gasteiger partial charge < -0.3 is 5.11 Å². The Balaban J connectivity index is 2.49. The van der Waals surface area contributed by atoms with Gasteiger partial charge in [0.25, 0.3) is 0 Å². The highest BCUT2D eigenvalue weighted by molar-refractivity contribution is 7.89. The van der Waals surface area contributed by atoms with E-state index in [1.807, 2.05) is 0 Å². The van der Waals surface area contributed by atoms with Crippen molar-refractivity contribution in [2.75, 3.05) is 13.2 Å². The Morgan fingerprint density at radius 1 is 1.38 bits per heavy atom. The van der Waals surface area contributed by atoms with Crippen LogP contribution >= 0.6 is 11.6 Å². The molecule has 0 radical (unpaired) electrons. The number of aliphatic hydroxyl groups is 1. The molecule has 1 fully saturated rings. The molecule has 1 atom stereocenters. The number of benzene rings is 1. The van der Waals surface area contributed by atoms with E-state index in [-0.39, 0.29) is 18.2 Å². The Morgan fingerprint density at radius 2 is 2.05 bits per heavy atom. The number of halogens is 4. The molecule has 1 saturated heterocycles. The molecule has 1 heterocycles. The molecule has 9 heteroatoms. The van der Waals surface area contributed by atoms with Crippen LogP contribution in [0.25, 0.3) is 0 Å². The van der Waals surface area contributed by atoms with E-state index in [0.29, 0.717) is 18.9 Å². The topological polar surface area (TPSA) is 57.6 Å². The second-order valence-electron chi connectivity index (χ2n) is 4.74. The van der Waals surface area contributed by atoms with Gasteiger partial charge in [0.15, 0.2) is 0 Å². The minimum absolute atomic E-state index is 0.153. The third kappa shape index (κ3) is 3.18. The van der Waals surface area contributed by atoms with E-state index >= 15 is 0 Å². The van der Waals surface area contributed by atoms with Crippen molar-refractivity contribution in [1.82, 2.24) is 4.31 Å². The Labute approximate surface area is 125 Å². The number of alkyl halides is 3. The Bertz CT molecular complexity index is 633. The summed E-state index contributed by atoms with van der Waals surface area (Å²) in [5, 5.41) is 8.91. The van der Waals surface area contributed by atoms with Gasteiger partial charge in [-0.1, -0.05) is 11.6 Å². The number of hydrogen-bond acceptors (Lipinski definition) is 3. The average molecular weight is 344 g/mol. The molecule has 1 aliphatic heterocycles. The second kappa shape index (κ2) is 5.75. The molecule has 2 rings (SSSR count). The minimum atomic E-state index is -4.66. The third-order valence-corrected chi connectivity index (χ3v) is 5.81. The molecule has 0 spiro atoms. The SMILES string of the molecule is O=S(=O)(c1cc(C(F)(F)F)ccc1Cl)N1CCCC1CO. The molecule has 1 aromatic carbocycles. The largest absolute Gasteiger partial charge is 0.416 e. The fraction of sp³-hybridized carbons (Fsp3) is 0.500. The maximum atomic E-state index is 12.7. The summed E-state index contributed by atoms with van der Waals surface area (Å²) in [5.41, 5.74) is -1.08. The van der Waals surface area contributed by atoms with Crippen LogP contribution in [0.4, 0.5) is 13.2 Å². The van der Waals surface area contributed by atoms with Crippen molar-refractivity contribution in [3.63, 3.8) is 0 Å². The van der Waals surface area contributed by atoms with Crippen LogP contribution in [0.5, 0.6) is 0 Å². The number of hydrogen-bond donors (Lipinski definition) is 1. The number of nitrogens with zero attached hydrogens (tertiary/aromatic N) is 1. The highest BCUT2D eigenvalue weighted by Gasteiger charge is 2.38. The van der Waals surface area contributed by atoms with E-state index in [2.05, 4.69) is 0 Å².